The Bertz CT molecular complexity index is 1390. The van der Waals surface area contributed by atoms with Crippen molar-refractivity contribution < 1.29 is 28.6 Å². The standard InChI is InChI=1S/C27H24N2O6.C2H6/c1-28-25(30)19-5-3-4-18(13-19)17-8-6-16(7-9-17)12-22(27(32)33)29-26(31)24-15-20-14-21(34-2)10-11-23(20)35-24;1-2/h3-11,13-15,22H,12H2,1-2H3,(H,28,30)(H,29,31)(H,32,33);1-2H3. The summed E-state index contributed by atoms with van der Waals surface area (Å²) in [4.78, 5) is 36.4. The first-order valence-electron chi connectivity index (χ1n) is 11.9. The predicted octanol–water partition coefficient (Wildman–Crippen LogP) is 4.92. The van der Waals surface area contributed by atoms with Crippen molar-refractivity contribution in [1.82, 2.24) is 10.6 Å². The molecule has 0 aliphatic heterocycles. The summed E-state index contributed by atoms with van der Waals surface area (Å²) in [5, 5.41) is 15.5. The van der Waals surface area contributed by atoms with Gasteiger partial charge in [0.05, 0.1) is 7.11 Å². The van der Waals surface area contributed by atoms with Crippen LogP contribution in [0.15, 0.2) is 77.2 Å². The number of benzene rings is 3. The molecular formula is C29H30N2O6. The van der Waals surface area contributed by atoms with Crippen molar-refractivity contribution in [3.05, 3.63) is 89.7 Å². The third-order valence-corrected chi connectivity index (χ3v) is 5.63. The number of hydrogen-bond acceptors (Lipinski definition) is 5. The van der Waals surface area contributed by atoms with Crippen molar-refractivity contribution in [2.75, 3.05) is 14.2 Å². The van der Waals surface area contributed by atoms with Crippen molar-refractivity contribution in [1.29, 1.82) is 0 Å². The number of carbonyl (C=O) groups is 3. The van der Waals surface area contributed by atoms with Crippen LogP contribution in [0.1, 0.15) is 40.3 Å². The maximum absolute atomic E-state index is 12.7. The molecule has 0 saturated heterocycles. The molecule has 3 N–H and O–H groups in total. The third-order valence-electron chi connectivity index (χ3n) is 5.63. The van der Waals surface area contributed by atoms with Crippen LogP contribution >= 0.6 is 0 Å². The van der Waals surface area contributed by atoms with Gasteiger partial charge in [-0.3, -0.25) is 9.59 Å². The van der Waals surface area contributed by atoms with E-state index in [1.165, 1.54) is 0 Å². The van der Waals surface area contributed by atoms with Crippen molar-refractivity contribution in [2.45, 2.75) is 26.3 Å². The molecule has 1 unspecified atom stereocenters. The summed E-state index contributed by atoms with van der Waals surface area (Å²) in [7, 11) is 3.12. The molecule has 1 atom stereocenters. The molecule has 3 aromatic carbocycles. The average molecular weight is 503 g/mol. The Balaban J connectivity index is 0.00000186. The molecule has 2 amide bonds. The molecule has 0 radical (unpaired) electrons. The Morgan fingerprint density at radius 3 is 2.30 bits per heavy atom. The lowest BCUT2D eigenvalue weighted by Gasteiger charge is -2.14. The summed E-state index contributed by atoms with van der Waals surface area (Å²) >= 11 is 0. The van der Waals surface area contributed by atoms with Gasteiger partial charge in [0.15, 0.2) is 5.76 Å². The second-order valence-corrected chi connectivity index (χ2v) is 7.94. The number of aliphatic carboxylic acids is 1. The SMILES string of the molecule is CC.CNC(=O)c1cccc(-c2ccc(CC(NC(=O)c3cc4cc(OC)ccc4o3)C(=O)O)cc2)c1. The lowest BCUT2D eigenvalue weighted by Crippen LogP contribution is -2.42. The molecule has 8 nitrogen and oxygen atoms in total. The van der Waals surface area contributed by atoms with Crippen LogP contribution < -0.4 is 15.4 Å². The van der Waals surface area contributed by atoms with Gasteiger partial charge in [-0.1, -0.05) is 50.2 Å². The van der Waals surface area contributed by atoms with Gasteiger partial charge in [0.1, 0.15) is 17.4 Å². The number of carbonyl (C=O) groups excluding carboxylic acids is 2. The number of methoxy groups -OCH3 is 1. The van der Waals surface area contributed by atoms with Gasteiger partial charge in [-0.05, 0) is 53.1 Å². The lowest BCUT2D eigenvalue weighted by atomic mass is 9.99. The summed E-state index contributed by atoms with van der Waals surface area (Å²) in [5.41, 5.74) is 3.53. The lowest BCUT2D eigenvalue weighted by molar-refractivity contribution is -0.139. The molecule has 8 heteroatoms. The molecule has 0 bridgehead atoms. The largest absolute Gasteiger partial charge is 0.497 e. The van der Waals surface area contributed by atoms with E-state index in [9.17, 15) is 19.5 Å². The van der Waals surface area contributed by atoms with E-state index in [1.54, 1.807) is 68.8 Å². The molecule has 1 heterocycles. The molecule has 37 heavy (non-hydrogen) atoms. The van der Waals surface area contributed by atoms with E-state index >= 15 is 0 Å². The summed E-state index contributed by atoms with van der Waals surface area (Å²) in [6, 6.07) is 20.1. The number of rotatable bonds is 8. The van der Waals surface area contributed by atoms with Gasteiger partial charge in [-0.2, -0.15) is 0 Å². The van der Waals surface area contributed by atoms with E-state index in [0.29, 0.717) is 22.3 Å². The third kappa shape index (κ3) is 6.55. The highest BCUT2D eigenvalue weighted by Crippen LogP contribution is 2.25. The van der Waals surface area contributed by atoms with Gasteiger partial charge in [0.2, 0.25) is 0 Å². The first kappa shape index (κ1) is 27.0. The van der Waals surface area contributed by atoms with E-state index in [2.05, 4.69) is 10.6 Å². The topological polar surface area (TPSA) is 118 Å². The number of hydrogen-bond donors (Lipinski definition) is 3. The van der Waals surface area contributed by atoms with Gasteiger partial charge in [-0.25, -0.2) is 4.79 Å². The summed E-state index contributed by atoms with van der Waals surface area (Å²) in [6.07, 6.45) is 0.0910. The zero-order valence-corrected chi connectivity index (χ0v) is 21.2. The van der Waals surface area contributed by atoms with Gasteiger partial charge >= 0.3 is 5.97 Å². The molecule has 192 valence electrons. The molecule has 4 aromatic rings. The Kier molecular flexibility index (Phi) is 9.05. The molecule has 4 rings (SSSR count). The van der Waals surface area contributed by atoms with Crippen LogP contribution in [-0.2, 0) is 11.2 Å². The van der Waals surface area contributed by atoms with Crippen LogP contribution in [0, 0.1) is 0 Å². The number of ether oxygens (including phenoxy) is 1. The van der Waals surface area contributed by atoms with Crippen LogP contribution in [0.3, 0.4) is 0 Å². The molecule has 0 aliphatic carbocycles. The zero-order valence-electron chi connectivity index (χ0n) is 21.2. The Labute approximate surface area is 215 Å². The van der Waals surface area contributed by atoms with Gasteiger partial charge in [-0.15, -0.1) is 0 Å². The van der Waals surface area contributed by atoms with E-state index in [-0.39, 0.29) is 18.1 Å². The van der Waals surface area contributed by atoms with Gasteiger partial charge < -0.3 is 24.9 Å². The molecule has 0 aliphatic rings. The molecule has 1 aromatic heterocycles. The van der Waals surface area contributed by atoms with Crippen molar-refractivity contribution in [3.8, 4) is 16.9 Å². The predicted molar refractivity (Wildman–Crippen MR) is 142 cm³/mol. The van der Waals surface area contributed by atoms with Crippen molar-refractivity contribution in [3.63, 3.8) is 0 Å². The zero-order chi connectivity index (χ0) is 26.9. The minimum absolute atomic E-state index is 0.0193. The van der Waals surface area contributed by atoms with Crippen LogP contribution in [0.25, 0.3) is 22.1 Å². The minimum Gasteiger partial charge on any atom is -0.497 e. The maximum atomic E-state index is 12.7. The Hall–Kier alpha value is -4.59. The summed E-state index contributed by atoms with van der Waals surface area (Å²) in [6.45, 7) is 4.00. The quantitative estimate of drug-likeness (QED) is 0.315. The highest BCUT2D eigenvalue weighted by molar-refractivity contribution is 5.98. The second-order valence-electron chi connectivity index (χ2n) is 7.94. The number of amides is 2. The van der Waals surface area contributed by atoms with Gasteiger partial charge in [0.25, 0.3) is 11.8 Å². The smallest absolute Gasteiger partial charge is 0.326 e. The molecular weight excluding hydrogens is 472 g/mol. The number of furan rings is 1. The number of carboxylic acids is 1. The van der Waals surface area contributed by atoms with Crippen LogP contribution in [0.2, 0.25) is 0 Å². The second kappa shape index (κ2) is 12.4. The maximum Gasteiger partial charge on any atom is 0.326 e. The van der Waals surface area contributed by atoms with Crippen LogP contribution in [0.5, 0.6) is 5.75 Å². The summed E-state index contributed by atoms with van der Waals surface area (Å²) < 4.78 is 10.7. The Morgan fingerprint density at radius 1 is 0.919 bits per heavy atom. The number of carboxylic acid groups (broad SMARTS) is 1. The molecule has 0 spiro atoms. The fraction of sp³-hybridized carbons (Fsp3) is 0.207. The van der Waals surface area contributed by atoms with E-state index in [0.717, 1.165) is 16.7 Å². The van der Waals surface area contributed by atoms with Crippen molar-refractivity contribution >= 4 is 28.8 Å². The fourth-order valence-corrected chi connectivity index (χ4v) is 3.74. The van der Waals surface area contributed by atoms with E-state index < -0.39 is 17.9 Å². The highest BCUT2D eigenvalue weighted by Gasteiger charge is 2.23. The fourth-order valence-electron chi connectivity index (χ4n) is 3.74. The monoisotopic (exact) mass is 502 g/mol. The van der Waals surface area contributed by atoms with Gasteiger partial charge in [0, 0.05) is 24.4 Å². The minimum atomic E-state index is -1.15. The average Bonchev–Trinajstić information content (AvgIpc) is 3.37. The first-order valence-corrected chi connectivity index (χ1v) is 11.9. The first-order chi connectivity index (χ1) is 17.9. The summed E-state index contributed by atoms with van der Waals surface area (Å²) in [5.74, 6) is -1.30. The highest BCUT2D eigenvalue weighted by atomic mass is 16.5. The Morgan fingerprint density at radius 2 is 1.65 bits per heavy atom. The van der Waals surface area contributed by atoms with E-state index in [4.69, 9.17) is 9.15 Å². The molecule has 0 fully saturated rings. The van der Waals surface area contributed by atoms with E-state index in [1.807, 2.05) is 32.0 Å². The van der Waals surface area contributed by atoms with Crippen molar-refractivity contribution in [2.24, 2.45) is 0 Å². The number of fused-ring (bicyclic) bond motifs is 1. The number of nitrogens with one attached hydrogen (secondary N) is 2. The normalized spacial score (nSPS) is 11.1. The van der Waals surface area contributed by atoms with Crippen LogP contribution in [-0.4, -0.2) is 43.1 Å². The van der Waals surface area contributed by atoms with Crippen LogP contribution in [0.4, 0.5) is 0 Å². The molecule has 0 saturated carbocycles.